The van der Waals surface area contributed by atoms with Crippen LogP contribution in [0.2, 0.25) is 5.02 Å². The number of nitrogens with zero attached hydrogens (tertiary/aromatic N) is 1. The lowest BCUT2D eigenvalue weighted by atomic mass is 9.61. The Labute approximate surface area is 190 Å². The lowest BCUT2D eigenvalue weighted by Crippen LogP contribution is -2.40. The number of phenols is 1. The van der Waals surface area contributed by atoms with Crippen LogP contribution in [0.5, 0.6) is 11.5 Å². The fourth-order valence-corrected chi connectivity index (χ4v) is 4.58. The highest BCUT2D eigenvalue weighted by atomic mass is 35.5. The monoisotopic (exact) mass is 447 g/mol. The molecule has 0 aliphatic heterocycles. The molecule has 1 aromatic rings. The number of hydrogen-bond donors (Lipinski definition) is 1. The number of halogens is 1. The number of aromatic hydroxyl groups is 1. The van der Waals surface area contributed by atoms with Gasteiger partial charge in [0.05, 0.1) is 23.4 Å². The van der Waals surface area contributed by atoms with Gasteiger partial charge in [0.2, 0.25) is 0 Å². The van der Waals surface area contributed by atoms with Crippen LogP contribution in [0.1, 0.15) is 62.0 Å². The number of rotatable bonds is 7. The van der Waals surface area contributed by atoms with E-state index < -0.39 is 0 Å². The molecule has 0 spiro atoms. The molecule has 0 heterocycles. The number of methoxy groups -OCH3 is 1. The van der Waals surface area contributed by atoms with Gasteiger partial charge in [-0.2, -0.15) is 0 Å². The summed E-state index contributed by atoms with van der Waals surface area (Å²) >= 11 is 6.37. The second kappa shape index (κ2) is 10.4. The second-order valence-electron chi connectivity index (χ2n) is 8.61. The van der Waals surface area contributed by atoms with Crippen molar-refractivity contribution in [1.29, 1.82) is 0 Å². The molecule has 1 fully saturated rings. The molecule has 6 heteroatoms. The van der Waals surface area contributed by atoms with Gasteiger partial charge in [0.1, 0.15) is 18.6 Å². The lowest BCUT2D eigenvalue weighted by Gasteiger charge is -2.43. The zero-order chi connectivity index (χ0) is 23.3. The SMILES string of the molecule is CO/N=C1\CC[C@@H](C)[C@](C)(/C=C/C(C)=C/Cc2c(O)c(C=O)c(C)c(Cl)c2OC)[C@H]1C. The Morgan fingerprint density at radius 3 is 2.61 bits per heavy atom. The Kier molecular flexibility index (Phi) is 8.35. The van der Waals surface area contributed by atoms with E-state index in [1.165, 1.54) is 7.11 Å². The van der Waals surface area contributed by atoms with Gasteiger partial charge in [-0.15, -0.1) is 0 Å². The van der Waals surface area contributed by atoms with E-state index in [1.54, 1.807) is 14.0 Å². The number of aldehydes is 1. The first kappa shape index (κ1) is 25.0. The predicted molar refractivity (Wildman–Crippen MR) is 127 cm³/mol. The Balaban J connectivity index is 2.33. The third kappa shape index (κ3) is 4.98. The van der Waals surface area contributed by atoms with Gasteiger partial charge in [0.15, 0.2) is 6.29 Å². The molecule has 1 aliphatic carbocycles. The quantitative estimate of drug-likeness (QED) is 0.302. The average Bonchev–Trinajstić information content (AvgIpc) is 2.75. The highest BCUT2D eigenvalue weighted by Gasteiger charge is 2.41. The van der Waals surface area contributed by atoms with Crippen molar-refractivity contribution in [3.63, 3.8) is 0 Å². The number of benzene rings is 1. The van der Waals surface area contributed by atoms with Crippen LogP contribution in [0.15, 0.2) is 29.0 Å². The van der Waals surface area contributed by atoms with Crippen molar-refractivity contribution in [2.75, 3.05) is 14.2 Å². The van der Waals surface area contributed by atoms with Crippen molar-refractivity contribution in [1.82, 2.24) is 0 Å². The first-order valence-corrected chi connectivity index (χ1v) is 11.0. The van der Waals surface area contributed by atoms with E-state index in [0.29, 0.717) is 40.5 Å². The van der Waals surface area contributed by atoms with E-state index in [-0.39, 0.29) is 22.6 Å². The van der Waals surface area contributed by atoms with Gasteiger partial charge in [-0.3, -0.25) is 4.79 Å². The van der Waals surface area contributed by atoms with E-state index in [0.717, 1.165) is 24.1 Å². The number of ether oxygens (including phenoxy) is 1. The minimum Gasteiger partial charge on any atom is -0.507 e. The normalized spacial score (nSPS) is 25.8. The maximum absolute atomic E-state index is 11.4. The molecule has 0 saturated heterocycles. The van der Waals surface area contributed by atoms with E-state index >= 15 is 0 Å². The van der Waals surface area contributed by atoms with Crippen LogP contribution in [-0.2, 0) is 11.3 Å². The number of carbonyl (C=O) groups is 1. The zero-order valence-corrected chi connectivity index (χ0v) is 20.3. The predicted octanol–water partition coefficient (Wildman–Crippen LogP) is 6.29. The Morgan fingerprint density at radius 2 is 2.03 bits per heavy atom. The summed E-state index contributed by atoms with van der Waals surface area (Å²) in [6.45, 7) is 10.5. The second-order valence-corrected chi connectivity index (χ2v) is 8.99. The first-order valence-electron chi connectivity index (χ1n) is 10.6. The molecule has 1 N–H and O–H groups in total. The van der Waals surface area contributed by atoms with Gasteiger partial charge in [-0.25, -0.2) is 0 Å². The summed E-state index contributed by atoms with van der Waals surface area (Å²) in [6.07, 6.45) is 9.42. The molecular formula is C25H34ClNO4. The van der Waals surface area contributed by atoms with Crippen molar-refractivity contribution < 1.29 is 19.5 Å². The third-order valence-corrected chi connectivity index (χ3v) is 7.39. The summed E-state index contributed by atoms with van der Waals surface area (Å²) in [5.41, 5.74) is 3.32. The van der Waals surface area contributed by atoms with Crippen molar-refractivity contribution >= 4 is 23.6 Å². The lowest BCUT2D eigenvalue weighted by molar-refractivity contribution is 0.112. The van der Waals surface area contributed by atoms with Crippen LogP contribution in [-0.4, -0.2) is 31.3 Å². The highest BCUT2D eigenvalue weighted by Crippen LogP contribution is 2.45. The fourth-order valence-electron chi connectivity index (χ4n) is 4.29. The zero-order valence-electron chi connectivity index (χ0n) is 19.6. The molecule has 1 aromatic carbocycles. The molecule has 3 atom stereocenters. The van der Waals surface area contributed by atoms with E-state index in [1.807, 2.05) is 13.0 Å². The summed E-state index contributed by atoms with van der Waals surface area (Å²) in [4.78, 5) is 16.5. The van der Waals surface area contributed by atoms with Crippen LogP contribution in [0.25, 0.3) is 0 Å². The summed E-state index contributed by atoms with van der Waals surface area (Å²) < 4.78 is 5.42. The summed E-state index contributed by atoms with van der Waals surface area (Å²) in [6, 6.07) is 0. The van der Waals surface area contributed by atoms with Crippen molar-refractivity contribution in [2.45, 2.75) is 53.9 Å². The Hall–Kier alpha value is -2.27. The van der Waals surface area contributed by atoms with Crippen molar-refractivity contribution in [2.24, 2.45) is 22.4 Å². The summed E-state index contributed by atoms with van der Waals surface area (Å²) in [5.74, 6) is 1.11. The molecule has 0 amide bonds. The molecule has 0 bridgehead atoms. The van der Waals surface area contributed by atoms with Gasteiger partial charge in [0.25, 0.3) is 0 Å². The number of hydrogen-bond acceptors (Lipinski definition) is 5. The van der Waals surface area contributed by atoms with Crippen LogP contribution in [0, 0.1) is 24.2 Å². The van der Waals surface area contributed by atoms with E-state index in [4.69, 9.17) is 21.2 Å². The molecule has 5 nitrogen and oxygen atoms in total. The topological polar surface area (TPSA) is 68.1 Å². The Bertz CT molecular complexity index is 919. The van der Waals surface area contributed by atoms with Crippen LogP contribution < -0.4 is 4.74 Å². The minimum absolute atomic E-state index is 0.0393. The first-order chi connectivity index (χ1) is 14.6. The van der Waals surface area contributed by atoms with E-state index in [2.05, 4.69) is 38.1 Å². The van der Waals surface area contributed by atoms with E-state index in [9.17, 15) is 9.90 Å². The van der Waals surface area contributed by atoms with Crippen LogP contribution in [0.3, 0.4) is 0 Å². The average molecular weight is 448 g/mol. The Morgan fingerprint density at radius 1 is 1.35 bits per heavy atom. The summed E-state index contributed by atoms with van der Waals surface area (Å²) in [7, 11) is 3.10. The number of allylic oxidation sites excluding steroid dienone is 4. The summed E-state index contributed by atoms with van der Waals surface area (Å²) in [5, 5.41) is 15.2. The minimum atomic E-state index is -0.0799. The maximum Gasteiger partial charge on any atom is 0.154 e. The molecule has 2 rings (SSSR count). The van der Waals surface area contributed by atoms with Gasteiger partial charge >= 0.3 is 0 Å². The molecule has 0 aromatic heterocycles. The molecular weight excluding hydrogens is 414 g/mol. The van der Waals surface area contributed by atoms with Gasteiger partial charge < -0.3 is 14.7 Å². The van der Waals surface area contributed by atoms with Gasteiger partial charge in [-0.05, 0) is 50.0 Å². The van der Waals surface area contributed by atoms with Crippen molar-refractivity contribution in [3.05, 3.63) is 45.5 Å². The number of phenolic OH excluding ortho intramolecular Hbond substituents is 1. The standard InChI is InChI=1S/C25H34ClNO4/c1-15(12-13-25(5)16(2)9-11-21(18(25)4)27-31-7)8-10-19-23(29)20(14-28)17(3)22(26)24(19)30-6/h8,12-14,16,18,29H,9-11H2,1-7H3/b13-12+,15-8+,27-21+/t16-,18+,25+/m1/s1. The van der Waals surface area contributed by atoms with Crippen LogP contribution in [0.4, 0.5) is 0 Å². The fraction of sp³-hybridized carbons (Fsp3) is 0.520. The largest absolute Gasteiger partial charge is 0.507 e. The highest BCUT2D eigenvalue weighted by molar-refractivity contribution is 6.33. The molecule has 170 valence electrons. The van der Waals surface area contributed by atoms with Gasteiger partial charge in [-0.1, -0.05) is 61.3 Å². The molecule has 0 unspecified atom stereocenters. The van der Waals surface area contributed by atoms with Crippen molar-refractivity contribution in [3.8, 4) is 11.5 Å². The number of oxime groups is 1. The number of carbonyl (C=O) groups excluding carboxylic acids is 1. The molecule has 0 radical (unpaired) electrons. The maximum atomic E-state index is 11.4. The van der Waals surface area contributed by atoms with Gasteiger partial charge in [0, 0.05) is 11.5 Å². The smallest absolute Gasteiger partial charge is 0.154 e. The molecule has 1 saturated carbocycles. The molecule has 1 aliphatic rings. The molecule has 31 heavy (non-hydrogen) atoms. The third-order valence-electron chi connectivity index (χ3n) is 6.94. The van der Waals surface area contributed by atoms with Crippen LogP contribution >= 0.6 is 11.6 Å².